The van der Waals surface area contributed by atoms with Gasteiger partial charge in [0, 0.05) is 44.5 Å². The van der Waals surface area contributed by atoms with Gasteiger partial charge in [0.25, 0.3) is 5.91 Å². The third-order valence-electron chi connectivity index (χ3n) is 5.86. The molecule has 0 radical (unpaired) electrons. The first-order valence-corrected chi connectivity index (χ1v) is 11.9. The van der Waals surface area contributed by atoms with Crippen LogP contribution in [0.15, 0.2) is 30.5 Å². The summed E-state index contributed by atoms with van der Waals surface area (Å²) in [6, 6.07) is 7.50. The molecule has 0 aliphatic carbocycles. The van der Waals surface area contributed by atoms with Gasteiger partial charge in [-0.25, -0.2) is 9.97 Å². The molecule has 2 aliphatic heterocycles. The largest absolute Gasteiger partial charge is 0.494 e. The summed E-state index contributed by atoms with van der Waals surface area (Å²) in [5, 5.41) is 3.49. The van der Waals surface area contributed by atoms with Gasteiger partial charge in [-0.3, -0.25) is 10.1 Å². The molecule has 0 spiro atoms. The number of carbonyl (C=O) groups is 1. The Morgan fingerprint density at radius 1 is 1.24 bits per heavy atom. The van der Waals surface area contributed by atoms with E-state index in [1.54, 1.807) is 19.4 Å². The highest BCUT2D eigenvalue weighted by atomic mass is 32.1. The Hall–Kier alpha value is -2.95. The van der Waals surface area contributed by atoms with Crippen molar-refractivity contribution in [1.29, 1.82) is 0 Å². The molecule has 2 fully saturated rings. The number of thiazole rings is 1. The van der Waals surface area contributed by atoms with Gasteiger partial charge in [-0.2, -0.15) is 0 Å². The van der Waals surface area contributed by atoms with E-state index in [2.05, 4.69) is 25.1 Å². The van der Waals surface area contributed by atoms with Crippen molar-refractivity contribution in [3.05, 3.63) is 36.0 Å². The second-order valence-corrected chi connectivity index (χ2v) is 8.92. The van der Waals surface area contributed by atoms with Crippen LogP contribution in [0.3, 0.4) is 0 Å². The number of nitrogens with zero attached hydrogens (tertiary/aromatic N) is 4. The van der Waals surface area contributed by atoms with Crippen LogP contribution in [0.1, 0.15) is 17.3 Å². The summed E-state index contributed by atoms with van der Waals surface area (Å²) < 4.78 is 17.6. The number of methoxy groups -OCH3 is 1. The molecule has 1 amide bonds. The summed E-state index contributed by atoms with van der Waals surface area (Å²) >= 11 is 1.45. The van der Waals surface area contributed by atoms with Gasteiger partial charge in [0.1, 0.15) is 17.1 Å². The maximum Gasteiger partial charge on any atom is 0.257 e. The van der Waals surface area contributed by atoms with Crippen molar-refractivity contribution in [2.24, 2.45) is 0 Å². The summed E-state index contributed by atoms with van der Waals surface area (Å²) in [6.07, 6.45) is 1.89. The van der Waals surface area contributed by atoms with E-state index in [4.69, 9.17) is 14.2 Å². The van der Waals surface area contributed by atoms with Gasteiger partial charge < -0.3 is 24.0 Å². The lowest BCUT2D eigenvalue weighted by atomic mass is 10.1. The molecule has 4 heterocycles. The molecule has 0 bridgehead atoms. The standard InChI is InChI=1S/C23H27N5O4S/c1-3-32-16-13-28(14-16)19-12-15(6-7-24-19)22(29)26-23-25-20-18(30-2)5-4-17(21(20)33-23)27-8-10-31-11-9-27/h4-7,12,16H,3,8-11,13-14H2,1-2H3,(H,25,26,29). The minimum Gasteiger partial charge on any atom is -0.494 e. The molecule has 1 aromatic carbocycles. The lowest BCUT2D eigenvalue weighted by molar-refractivity contribution is 0.0427. The van der Waals surface area contributed by atoms with Gasteiger partial charge in [0.2, 0.25) is 0 Å². The zero-order valence-corrected chi connectivity index (χ0v) is 19.6. The molecule has 5 rings (SSSR count). The van der Waals surface area contributed by atoms with Crippen LogP contribution in [0.4, 0.5) is 16.6 Å². The number of nitrogens with one attached hydrogen (secondary N) is 1. The number of morpholine rings is 1. The monoisotopic (exact) mass is 469 g/mol. The van der Waals surface area contributed by atoms with Crippen LogP contribution in [-0.2, 0) is 9.47 Å². The molecule has 174 valence electrons. The van der Waals surface area contributed by atoms with Crippen molar-refractivity contribution in [3.63, 3.8) is 0 Å². The maximum absolute atomic E-state index is 13.0. The van der Waals surface area contributed by atoms with Crippen LogP contribution in [0.2, 0.25) is 0 Å². The van der Waals surface area contributed by atoms with E-state index in [1.807, 2.05) is 25.1 Å². The smallest absolute Gasteiger partial charge is 0.257 e. The third kappa shape index (κ3) is 4.46. The Kier molecular flexibility index (Phi) is 6.30. The van der Waals surface area contributed by atoms with Gasteiger partial charge >= 0.3 is 0 Å². The summed E-state index contributed by atoms with van der Waals surface area (Å²) in [7, 11) is 1.63. The first-order chi connectivity index (χ1) is 16.2. The Balaban J connectivity index is 1.36. The van der Waals surface area contributed by atoms with E-state index in [1.165, 1.54) is 11.3 Å². The molecular weight excluding hydrogens is 442 g/mol. The van der Waals surface area contributed by atoms with Crippen LogP contribution in [-0.4, -0.2) is 75.1 Å². The van der Waals surface area contributed by atoms with Gasteiger partial charge in [-0.1, -0.05) is 11.3 Å². The van der Waals surface area contributed by atoms with E-state index in [0.29, 0.717) is 36.3 Å². The number of aromatic nitrogens is 2. The van der Waals surface area contributed by atoms with Crippen LogP contribution < -0.4 is 19.9 Å². The number of hydrogen-bond donors (Lipinski definition) is 1. The molecule has 33 heavy (non-hydrogen) atoms. The van der Waals surface area contributed by atoms with E-state index >= 15 is 0 Å². The highest BCUT2D eigenvalue weighted by Gasteiger charge is 2.28. The molecular formula is C23H27N5O4S. The predicted molar refractivity (Wildman–Crippen MR) is 129 cm³/mol. The first kappa shape index (κ1) is 21.9. The maximum atomic E-state index is 13.0. The molecule has 0 atom stereocenters. The fourth-order valence-corrected chi connectivity index (χ4v) is 5.13. The lowest BCUT2D eigenvalue weighted by Crippen LogP contribution is -2.52. The second-order valence-electron chi connectivity index (χ2n) is 7.92. The van der Waals surface area contributed by atoms with Gasteiger partial charge in [-0.05, 0) is 31.2 Å². The van der Waals surface area contributed by atoms with E-state index in [9.17, 15) is 4.79 Å². The molecule has 9 nitrogen and oxygen atoms in total. The van der Waals surface area contributed by atoms with Crippen molar-refractivity contribution >= 4 is 44.1 Å². The molecule has 3 aromatic rings. The number of pyridine rings is 1. The molecule has 10 heteroatoms. The molecule has 2 saturated heterocycles. The number of carbonyl (C=O) groups excluding carboxylic acids is 1. The fraction of sp³-hybridized carbons (Fsp3) is 0.435. The zero-order valence-electron chi connectivity index (χ0n) is 18.7. The van der Waals surface area contributed by atoms with Gasteiger partial charge in [0.15, 0.2) is 5.13 Å². The number of fused-ring (bicyclic) bond motifs is 1. The Morgan fingerprint density at radius 2 is 2.06 bits per heavy atom. The highest BCUT2D eigenvalue weighted by Crippen LogP contribution is 2.39. The Labute approximate surface area is 196 Å². The predicted octanol–water partition coefficient (Wildman–Crippen LogP) is 3.01. The van der Waals surface area contributed by atoms with Crippen molar-refractivity contribution in [3.8, 4) is 5.75 Å². The van der Waals surface area contributed by atoms with Crippen LogP contribution in [0, 0.1) is 0 Å². The number of hydrogen-bond acceptors (Lipinski definition) is 9. The van der Waals surface area contributed by atoms with E-state index < -0.39 is 0 Å². The zero-order chi connectivity index (χ0) is 22.8. The average Bonchev–Trinajstić information content (AvgIpc) is 3.24. The quantitative estimate of drug-likeness (QED) is 0.565. The Morgan fingerprint density at radius 3 is 2.82 bits per heavy atom. The molecule has 0 saturated carbocycles. The molecule has 2 aliphatic rings. The number of benzene rings is 1. The minimum absolute atomic E-state index is 0.216. The molecule has 1 N–H and O–H groups in total. The molecule has 0 unspecified atom stereocenters. The van der Waals surface area contributed by atoms with Crippen molar-refractivity contribution in [2.45, 2.75) is 13.0 Å². The minimum atomic E-state index is -0.216. The topological polar surface area (TPSA) is 89.0 Å². The number of ether oxygens (including phenoxy) is 3. The van der Waals surface area contributed by atoms with Crippen molar-refractivity contribution < 1.29 is 19.0 Å². The number of amides is 1. The second kappa shape index (κ2) is 9.50. The van der Waals surface area contributed by atoms with Crippen LogP contribution in [0.5, 0.6) is 5.75 Å². The average molecular weight is 470 g/mol. The number of anilines is 3. The summed E-state index contributed by atoms with van der Waals surface area (Å²) in [5.41, 5.74) is 2.37. The van der Waals surface area contributed by atoms with Crippen LogP contribution in [0.25, 0.3) is 10.2 Å². The highest BCUT2D eigenvalue weighted by molar-refractivity contribution is 7.23. The van der Waals surface area contributed by atoms with Crippen LogP contribution >= 0.6 is 11.3 Å². The lowest BCUT2D eigenvalue weighted by Gasteiger charge is -2.39. The van der Waals surface area contributed by atoms with E-state index in [-0.39, 0.29) is 12.0 Å². The summed E-state index contributed by atoms with van der Waals surface area (Å²) in [6.45, 7) is 7.30. The summed E-state index contributed by atoms with van der Waals surface area (Å²) in [5.74, 6) is 1.25. The summed E-state index contributed by atoms with van der Waals surface area (Å²) in [4.78, 5) is 26.5. The SMILES string of the molecule is CCOC1CN(c2cc(C(=O)Nc3nc4c(OC)ccc(N5CCOCC5)c4s3)ccn2)C1. The normalized spacial score (nSPS) is 16.7. The number of rotatable bonds is 7. The van der Waals surface area contributed by atoms with Crippen molar-refractivity contribution in [2.75, 3.05) is 68.2 Å². The fourth-order valence-electron chi connectivity index (χ4n) is 4.11. The first-order valence-electron chi connectivity index (χ1n) is 11.1. The van der Waals surface area contributed by atoms with Crippen molar-refractivity contribution in [1.82, 2.24) is 9.97 Å². The Bertz CT molecular complexity index is 1140. The molecule has 2 aromatic heterocycles. The third-order valence-corrected chi connectivity index (χ3v) is 6.85. The van der Waals surface area contributed by atoms with Gasteiger partial charge in [0.05, 0.1) is 36.8 Å². The van der Waals surface area contributed by atoms with E-state index in [0.717, 1.165) is 47.9 Å². The van der Waals surface area contributed by atoms with Gasteiger partial charge in [-0.15, -0.1) is 0 Å².